The van der Waals surface area contributed by atoms with Crippen molar-refractivity contribution in [3.05, 3.63) is 29.8 Å². The molecule has 106 valence electrons. The lowest BCUT2D eigenvalue weighted by atomic mass is 9.80. The topological polar surface area (TPSA) is 15.3 Å². The molecule has 2 nitrogen and oxygen atoms in total. The summed E-state index contributed by atoms with van der Waals surface area (Å²) in [5.74, 6) is 0.809. The van der Waals surface area contributed by atoms with E-state index in [2.05, 4.69) is 62.2 Å². The molecule has 1 aliphatic rings. The Kier molecular flexibility index (Phi) is 4.19. The van der Waals surface area contributed by atoms with Crippen LogP contribution in [-0.4, -0.2) is 20.1 Å². The van der Waals surface area contributed by atoms with Crippen molar-refractivity contribution in [1.82, 2.24) is 5.32 Å². The van der Waals surface area contributed by atoms with Crippen LogP contribution in [-0.2, 0) is 0 Å². The van der Waals surface area contributed by atoms with Crippen LogP contribution in [0.4, 0.5) is 5.69 Å². The molecule has 1 N–H and O–H groups in total. The molecule has 0 radical (unpaired) electrons. The molecule has 0 aliphatic carbocycles. The number of hydrogen-bond acceptors (Lipinski definition) is 2. The van der Waals surface area contributed by atoms with Crippen LogP contribution in [0.15, 0.2) is 24.3 Å². The highest BCUT2D eigenvalue weighted by atomic mass is 15.2. The summed E-state index contributed by atoms with van der Waals surface area (Å²) in [4.78, 5) is 2.53. The summed E-state index contributed by atoms with van der Waals surface area (Å²) in [7, 11) is 2.01. The lowest BCUT2D eigenvalue weighted by Crippen LogP contribution is -2.25. The summed E-state index contributed by atoms with van der Waals surface area (Å²) < 4.78 is 0. The second-order valence-electron chi connectivity index (χ2n) is 6.90. The lowest BCUT2D eigenvalue weighted by molar-refractivity contribution is 0.263. The molecule has 1 aliphatic heterocycles. The van der Waals surface area contributed by atoms with E-state index in [-0.39, 0.29) is 0 Å². The Balaban J connectivity index is 2.04. The molecule has 19 heavy (non-hydrogen) atoms. The average molecular weight is 260 g/mol. The zero-order valence-corrected chi connectivity index (χ0v) is 13.0. The Morgan fingerprint density at radius 1 is 1.21 bits per heavy atom. The van der Waals surface area contributed by atoms with E-state index in [1.54, 1.807) is 0 Å². The molecule has 1 fully saturated rings. The number of nitrogens with one attached hydrogen (secondary N) is 1. The van der Waals surface area contributed by atoms with Crippen molar-refractivity contribution in [2.45, 2.75) is 40.2 Å². The van der Waals surface area contributed by atoms with E-state index in [0.717, 1.165) is 5.92 Å². The minimum atomic E-state index is 0.426. The van der Waals surface area contributed by atoms with Gasteiger partial charge in [0, 0.05) is 24.8 Å². The number of hydrogen-bond donors (Lipinski definition) is 1. The highest BCUT2D eigenvalue weighted by molar-refractivity contribution is 5.49. The standard InChI is InChI=1S/C17H28N2/c1-13(18-5)14-6-8-16(9-7-14)19-11-10-15(12-19)17(2,3)4/h6-9,13,15,18H,10-12H2,1-5H3. The maximum absolute atomic E-state index is 3.28. The third-order valence-corrected chi connectivity index (χ3v) is 4.60. The van der Waals surface area contributed by atoms with E-state index in [1.807, 2.05) is 7.05 Å². The number of rotatable bonds is 3. The van der Waals surface area contributed by atoms with Crippen LogP contribution in [0, 0.1) is 11.3 Å². The summed E-state index contributed by atoms with van der Waals surface area (Å²) >= 11 is 0. The molecule has 2 heteroatoms. The first-order valence-electron chi connectivity index (χ1n) is 7.44. The van der Waals surface area contributed by atoms with Crippen LogP contribution in [0.1, 0.15) is 45.7 Å². The summed E-state index contributed by atoms with van der Waals surface area (Å²) in [6, 6.07) is 9.47. The molecule has 0 saturated carbocycles. The van der Waals surface area contributed by atoms with Gasteiger partial charge in [-0.3, -0.25) is 0 Å². The van der Waals surface area contributed by atoms with Gasteiger partial charge >= 0.3 is 0 Å². The van der Waals surface area contributed by atoms with Crippen LogP contribution < -0.4 is 10.2 Å². The minimum absolute atomic E-state index is 0.426. The molecule has 2 unspecified atom stereocenters. The zero-order valence-electron chi connectivity index (χ0n) is 13.0. The molecule has 2 atom stereocenters. The summed E-state index contributed by atoms with van der Waals surface area (Å²) in [6.07, 6.45) is 1.32. The summed E-state index contributed by atoms with van der Waals surface area (Å²) in [5, 5.41) is 3.28. The quantitative estimate of drug-likeness (QED) is 0.888. The highest BCUT2D eigenvalue weighted by Gasteiger charge is 2.31. The predicted molar refractivity (Wildman–Crippen MR) is 83.7 cm³/mol. The van der Waals surface area contributed by atoms with Crippen LogP contribution >= 0.6 is 0 Å². The Morgan fingerprint density at radius 3 is 2.32 bits per heavy atom. The van der Waals surface area contributed by atoms with Gasteiger partial charge in [0.05, 0.1) is 0 Å². The Labute approximate surface area is 118 Å². The third-order valence-electron chi connectivity index (χ3n) is 4.60. The van der Waals surface area contributed by atoms with Crippen molar-refractivity contribution in [2.75, 3.05) is 25.0 Å². The van der Waals surface area contributed by atoms with Gasteiger partial charge in [-0.1, -0.05) is 32.9 Å². The molecule has 0 amide bonds. The van der Waals surface area contributed by atoms with E-state index in [1.165, 1.54) is 30.8 Å². The van der Waals surface area contributed by atoms with Gasteiger partial charge in [-0.25, -0.2) is 0 Å². The van der Waals surface area contributed by atoms with Crippen molar-refractivity contribution in [3.63, 3.8) is 0 Å². The van der Waals surface area contributed by atoms with Gasteiger partial charge in [-0.05, 0) is 49.4 Å². The molecule has 0 spiro atoms. The van der Waals surface area contributed by atoms with Gasteiger partial charge in [0.2, 0.25) is 0 Å². The maximum Gasteiger partial charge on any atom is 0.0366 e. The number of anilines is 1. The summed E-state index contributed by atoms with van der Waals surface area (Å²) in [6.45, 7) is 11.7. The zero-order chi connectivity index (χ0) is 14.0. The van der Waals surface area contributed by atoms with Crippen LogP contribution in [0.3, 0.4) is 0 Å². The largest absolute Gasteiger partial charge is 0.371 e. The SMILES string of the molecule is CNC(C)c1ccc(N2CCC(C(C)(C)C)C2)cc1. The first-order valence-corrected chi connectivity index (χ1v) is 7.44. The first kappa shape index (κ1) is 14.4. The average Bonchev–Trinajstić information content (AvgIpc) is 2.87. The second-order valence-corrected chi connectivity index (χ2v) is 6.90. The molecule has 0 aromatic heterocycles. The normalized spacial score (nSPS) is 21.7. The van der Waals surface area contributed by atoms with E-state index in [9.17, 15) is 0 Å². The number of nitrogens with zero attached hydrogens (tertiary/aromatic N) is 1. The second kappa shape index (κ2) is 5.54. The van der Waals surface area contributed by atoms with Gasteiger partial charge < -0.3 is 10.2 Å². The van der Waals surface area contributed by atoms with Crippen LogP contribution in [0.2, 0.25) is 0 Å². The fourth-order valence-electron chi connectivity index (χ4n) is 2.84. The van der Waals surface area contributed by atoms with E-state index in [0.29, 0.717) is 11.5 Å². The Morgan fingerprint density at radius 2 is 1.84 bits per heavy atom. The van der Waals surface area contributed by atoms with E-state index in [4.69, 9.17) is 0 Å². The fraction of sp³-hybridized carbons (Fsp3) is 0.647. The molecule has 1 saturated heterocycles. The molecule has 0 bridgehead atoms. The van der Waals surface area contributed by atoms with Gasteiger partial charge in [0.25, 0.3) is 0 Å². The monoisotopic (exact) mass is 260 g/mol. The smallest absolute Gasteiger partial charge is 0.0366 e. The van der Waals surface area contributed by atoms with Gasteiger partial charge in [0.15, 0.2) is 0 Å². The summed E-state index contributed by atoms with van der Waals surface area (Å²) in [5.41, 5.74) is 3.16. The molecular formula is C17H28N2. The van der Waals surface area contributed by atoms with Gasteiger partial charge in [-0.2, -0.15) is 0 Å². The van der Waals surface area contributed by atoms with E-state index >= 15 is 0 Å². The van der Waals surface area contributed by atoms with Crippen molar-refractivity contribution >= 4 is 5.69 Å². The van der Waals surface area contributed by atoms with E-state index < -0.39 is 0 Å². The van der Waals surface area contributed by atoms with Crippen LogP contribution in [0.5, 0.6) is 0 Å². The molecule has 1 aromatic carbocycles. The fourth-order valence-corrected chi connectivity index (χ4v) is 2.84. The Bertz CT molecular complexity index is 402. The molecule has 2 rings (SSSR count). The molecule has 1 heterocycles. The van der Waals surface area contributed by atoms with Crippen LogP contribution in [0.25, 0.3) is 0 Å². The van der Waals surface area contributed by atoms with Crippen molar-refractivity contribution in [1.29, 1.82) is 0 Å². The van der Waals surface area contributed by atoms with Gasteiger partial charge in [-0.15, -0.1) is 0 Å². The number of benzene rings is 1. The Hall–Kier alpha value is -1.02. The van der Waals surface area contributed by atoms with Crippen molar-refractivity contribution in [2.24, 2.45) is 11.3 Å². The van der Waals surface area contributed by atoms with Gasteiger partial charge in [0.1, 0.15) is 0 Å². The van der Waals surface area contributed by atoms with Crippen molar-refractivity contribution < 1.29 is 0 Å². The predicted octanol–water partition coefficient (Wildman–Crippen LogP) is 3.84. The lowest BCUT2D eigenvalue weighted by Gasteiger charge is -2.27. The minimum Gasteiger partial charge on any atom is -0.371 e. The first-order chi connectivity index (χ1) is 8.91. The molecular weight excluding hydrogens is 232 g/mol. The third kappa shape index (κ3) is 3.30. The highest BCUT2D eigenvalue weighted by Crippen LogP contribution is 2.35. The maximum atomic E-state index is 3.28. The van der Waals surface area contributed by atoms with Crippen molar-refractivity contribution in [3.8, 4) is 0 Å². The molecule has 1 aromatic rings.